The Morgan fingerprint density at radius 1 is 1.83 bits per heavy atom. The van der Waals surface area contributed by atoms with Crippen LogP contribution in [0.4, 0.5) is 0 Å². The molecule has 2 atom stereocenters. The lowest BCUT2D eigenvalue weighted by Gasteiger charge is -2.25. The van der Waals surface area contributed by atoms with Crippen LogP contribution in [-0.4, -0.2) is 24.1 Å². The van der Waals surface area contributed by atoms with E-state index in [4.69, 9.17) is 21.0 Å². The Kier molecular flexibility index (Phi) is 3.03. The van der Waals surface area contributed by atoms with Gasteiger partial charge in [0.05, 0.1) is 13.3 Å². The summed E-state index contributed by atoms with van der Waals surface area (Å²) in [6, 6.07) is 0.678. The van der Waals surface area contributed by atoms with Crippen molar-refractivity contribution in [3.8, 4) is 6.07 Å². The average Bonchev–Trinajstić information content (AvgIpc) is 3.10. The Morgan fingerprint density at radius 2 is 2.56 bits per heavy atom. The van der Waals surface area contributed by atoms with Gasteiger partial charge in [0, 0.05) is 0 Å². The van der Waals surface area contributed by atoms with E-state index in [2.05, 4.69) is 9.83 Å². The zero-order chi connectivity index (χ0) is 13.2. The fraction of sp³-hybridized carbons (Fsp3) is 0.500. The van der Waals surface area contributed by atoms with Crippen molar-refractivity contribution >= 4 is 5.97 Å². The molecule has 0 amide bonds. The Bertz CT molecular complexity index is 508. The summed E-state index contributed by atoms with van der Waals surface area (Å²) in [5, 5.41) is 9.14. The molecule has 1 aromatic rings. The molecule has 0 saturated heterocycles. The molecule has 2 unspecified atom stereocenters. The monoisotopic (exact) mass is 245 g/mol. The van der Waals surface area contributed by atoms with Gasteiger partial charge in [-0.2, -0.15) is 5.26 Å². The predicted octanol–water partition coefficient (Wildman–Crippen LogP) is 1.31. The molecule has 92 valence electrons. The van der Waals surface area contributed by atoms with E-state index in [0.29, 0.717) is 0 Å². The number of nitrogens with zero attached hydrogens (tertiary/aromatic N) is 3. The molecule has 18 heavy (non-hydrogen) atoms. The first-order valence-corrected chi connectivity index (χ1v) is 5.46. The number of hydrogen-bond acceptors (Lipinski definition) is 5. The molecule has 0 radical (unpaired) electrons. The summed E-state index contributed by atoms with van der Waals surface area (Å²) in [7, 11) is 1.24. The number of methoxy groups -OCH3 is 1. The molecule has 1 saturated carbocycles. The minimum absolute atomic E-state index is 0.0967. The number of carbonyl (C=O) groups excluding carboxylic acids is 1. The highest BCUT2D eigenvalue weighted by molar-refractivity contribution is 5.85. The maximum atomic E-state index is 12.2. The minimum atomic E-state index is -1.39. The normalized spacial score (nSPS) is 19.1. The predicted molar refractivity (Wildman–Crippen MR) is 58.9 cm³/mol. The van der Waals surface area contributed by atoms with Gasteiger partial charge in [-0.25, -0.2) is 11.6 Å². The number of nitriles is 1. The van der Waals surface area contributed by atoms with Gasteiger partial charge in [-0.15, -0.1) is 0 Å². The third-order valence-electron chi connectivity index (χ3n) is 3.21. The topological polar surface area (TPSA) is 80.5 Å². The second-order valence-electron chi connectivity index (χ2n) is 4.13. The molecular weight excluding hydrogens is 234 g/mol. The zero-order valence-corrected chi connectivity index (χ0v) is 9.79. The second-order valence-corrected chi connectivity index (χ2v) is 4.13. The van der Waals surface area contributed by atoms with Crippen LogP contribution >= 0.6 is 0 Å². The Labute approximate surface area is 104 Å². The largest absolute Gasteiger partial charge is 0.468 e. The molecule has 0 bridgehead atoms. The highest BCUT2D eigenvalue weighted by Crippen LogP contribution is 2.50. The number of hydrogen-bond donors (Lipinski definition) is 0. The maximum absolute atomic E-state index is 12.2. The molecule has 6 nitrogen and oxygen atoms in total. The van der Waals surface area contributed by atoms with E-state index in [1.807, 2.05) is 6.07 Å². The SMILES string of the molecule is [C-]#[N+]C(C#N)C(C(=O)OC)(c1ncco1)C1CC1. The van der Waals surface area contributed by atoms with Crippen molar-refractivity contribution in [1.82, 2.24) is 4.98 Å². The van der Waals surface area contributed by atoms with Gasteiger partial charge >= 0.3 is 12.0 Å². The van der Waals surface area contributed by atoms with Gasteiger partial charge in [0.25, 0.3) is 0 Å². The lowest BCUT2D eigenvalue weighted by Crippen LogP contribution is -2.48. The molecule has 0 aromatic carbocycles. The van der Waals surface area contributed by atoms with Crippen molar-refractivity contribution < 1.29 is 13.9 Å². The Hall–Kier alpha value is -2.34. The van der Waals surface area contributed by atoms with Gasteiger partial charge in [0.1, 0.15) is 6.26 Å². The third kappa shape index (κ3) is 1.54. The van der Waals surface area contributed by atoms with Gasteiger partial charge in [-0.3, -0.25) is 9.64 Å². The van der Waals surface area contributed by atoms with Gasteiger partial charge < -0.3 is 9.15 Å². The maximum Gasteiger partial charge on any atom is 0.332 e. The van der Waals surface area contributed by atoms with Crippen LogP contribution in [0, 0.1) is 23.8 Å². The molecule has 1 aliphatic rings. The first-order chi connectivity index (χ1) is 8.71. The van der Waals surface area contributed by atoms with Crippen molar-refractivity contribution in [2.24, 2.45) is 5.92 Å². The molecule has 1 aliphatic carbocycles. The number of ether oxygens (including phenoxy) is 1. The zero-order valence-electron chi connectivity index (χ0n) is 9.79. The number of aromatic nitrogens is 1. The summed E-state index contributed by atoms with van der Waals surface area (Å²) in [6.45, 7) is 7.13. The van der Waals surface area contributed by atoms with Crippen LogP contribution in [-0.2, 0) is 14.9 Å². The molecule has 1 aromatic heterocycles. The fourth-order valence-corrected chi connectivity index (χ4v) is 2.25. The van der Waals surface area contributed by atoms with Crippen molar-refractivity contribution in [1.29, 1.82) is 5.26 Å². The van der Waals surface area contributed by atoms with Crippen molar-refractivity contribution in [2.45, 2.75) is 24.3 Å². The summed E-state index contributed by atoms with van der Waals surface area (Å²) in [4.78, 5) is 19.4. The van der Waals surface area contributed by atoms with E-state index in [-0.39, 0.29) is 11.8 Å². The van der Waals surface area contributed by atoms with E-state index in [9.17, 15) is 4.79 Å². The highest BCUT2D eigenvalue weighted by Gasteiger charge is 2.65. The van der Waals surface area contributed by atoms with E-state index < -0.39 is 17.4 Å². The molecule has 2 rings (SSSR count). The first kappa shape index (κ1) is 12.1. The molecule has 1 fully saturated rings. The smallest absolute Gasteiger partial charge is 0.332 e. The molecule has 6 heteroatoms. The van der Waals surface area contributed by atoms with Gasteiger partial charge in [0.2, 0.25) is 11.3 Å². The summed E-state index contributed by atoms with van der Waals surface area (Å²) in [5.41, 5.74) is -1.39. The minimum Gasteiger partial charge on any atom is -0.468 e. The number of rotatable bonds is 4. The Balaban J connectivity index is 2.60. The lowest BCUT2D eigenvalue weighted by molar-refractivity contribution is -0.149. The quantitative estimate of drug-likeness (QED) is 0.590. The summed E-state index contributed by atoms with van der Waals surface area (Å²) in [6.07, 6.45) is 4.23. The second kappa shape index (κ2) is 4.50. The molecule has 1 heterocycles. The summed E-state index contributed by atoms with van der Waals surface area (Å²) in [5.74, 6) is -0.656. The third-order valence-corrected chi connectivity index (χ3v) is 3.21. The number of carbonyl (C=O) groups is 1. The van der Waals surface area contributed by atoms with Crippen LogP contribution in [0.1, 0.15) is 18.7 Å². The average molecular weight is 245 g/mol. The number of esters is 1. The van der Waals surface area contributed by atoms with Crippen LogP contribution in [0.15, 0.2) is 16.9 Å². The van der Waals surface area contributed by atoms with Crippen LogP contribution in [0.5, 0.6) is 0 Å². The summed E-state index contributed by atoms with van der Waals surface area (Å²) < 4.78 is 9.99. The molecule has 0 aliphatic heterocycles. The highest BCUT2D eigenvalue weighted by atomic mass is 16.5. The number of oxazole rings is 1. The van der Waals surface area contributed by atoms with Crippen LogP contribution in [0.2, 0.25) is 0 Å². The standard InChI is InChI=1S/C12H11N3O3/c1-14-9(7-13)12(8-3-4-8,11(16)17-2)10-15-5-6-18-10/h5-6,8-9H,3-4H2,2H3. The van der Waals surface area contributed by atoms with Crippen LogP contribution in [0.25, 0.3) is 4.85 Å². The first-order valence-electron chi connectivity index (χ1n) is 5.46. The lowest BCUT2D eigenvalue weighted by atomic mass is 9.76. The van der Waals surface area contributed by atoms with E-state index >= 15 is 0 Å². The molecule has 0 spiro atoms. The molecule has 0 N–H and O–H groups in total. The van der Waals surface area contributed by atoms with Crippen molar-refractivity contribution in [3.63, 3.8) is 0 Å². The Morgan fingerprint density at radius 3 is 2.94 bits per heavy atom. The van der Waals surface area contributed by atoms with E-state index in [1.54, 1.807) is 0 Å². The van der Waals surface area contributed by atoms with Crippen molar-refractivity contribution in [3.05, 3.63) is 29.8 Å². The fourth-order valence-electron chi connectivity index (χ4n) is 2.25. The van der Waals surface area contributed by atoms with E-state index in [0.717, 1.165) is 12.8 Å². The van der Waals surface area contributed by atoms with Crippen LogP contribution < -0.4 is 0 Å². The van der Waals surface area contributed by atoms with Crippen LogP contribution in [0.3, 0.4) is 0 Å². The van der Waals surface area contributed by atoms with Crippen molar-refractivity contribution in [2.75, 3.05) is 7.11 Å². The van der Waals surface area contributed by atoms with Gasteiger partial charge in [0.15, 0.2) is 6.07 Å². The van der Waals surface area contributed by atoms with Gasteiger partial charge in [-0.1, -0.05) is 0 Å². The summed E-state index contributed by atoms with van der Waals surface area (Å²) >= 11 is 0. The van der Waals surface area contributed by atoms with E-state index in [1.165, 1.54) is 19.6 Å². The van der Waals surface area contributed by atoms with Gasteiger partial charge in [-0.05, 0) is 18.8 Å². The molecular formula is C12H11N3O3.